The van der Waals surface area contributed by atoms with Crippen molar-refractivity contribution in [2.45, 2.75) is 61.5 Å². The Morgan fingerprint density at radius 3 is 2.47 bits per heavy atom. The monoisotopic (exact) mass is 827 g/mol. The van der Waals surface area contributed by atoms with Crippen LogP contribution in [-0.2, 0) is 50.2 Å². The van der Waals surface area contributed by atoms with Crippen molar-refractivity contribution in [3.05, 3.63) is 101 Å². The minimum absolute atomic E-state index is 0.146. The number of thioether (sulfide) groups is 1. The molecule has 0 saturated carbocycles. The molecular weight excluding hydrogens is 788 g/mol. The molecule has 0 aliphatic carbocycles. The maximum absolute atomic E-state index is 15.7. The van der Waals surface area contributed by atoms with Gasteiger partial charge in [0.25, 0.3) is 0 Å². The zero-order chi connectivity index (χ0) is 41.7. The summed E-state index contributed by atoms with van der Waals surface area (Å²) in [4.78, 5) is 54.8. The number of nitriles is 1. The van der Waals surface area contributed by atoms with Crippen LogP contribution in [0, 0.1) is 34.7 Å². The summed E-state index contributed by atoms with van der Waals surface area (Å²) in [6.07, 6.45) is 6.84. The first-order chi connectivity index (χ1) is 27.9. The molecule has 2 saturated heterocycles. The van der Waals surface area contributed by atoms with E-state index >= 15 is 4.39 Å². The second-order valence-electron chi connectivity index (χ2n) is 13.3. The second kappa shape index (κ2) is 20.6. The second-order valence-corrected chi connectivity index (χ2v) is 14.9. The smallest absolute Gasteiger partial charge is 0.481 e. The van der Waals surface area contributed by atoms with Gasteiger partial charge in [0.05, 0.1) is 49.0 Å². The molecule has 1 aromatic heterocycles. The van der Waals surface area contributed by atoms with E-state index in [-0.39, 0.29) is 73.5 Å². The molecule has 1 N–H and O–H groups in total. The molecule has 2 aliphatic heterocycles. The normalized spacial score (nSPS) is 19.0. The molecule has 5 rings (SSSR count). The molecule has 2 fully saturated rings. The highest BCUT2D eigenvalue weighted by atomic mass is 32.2. The van der Waals surface area contributed by atoms with Gasteiger partial charge in [-0.2, -0.15) is 10.4 Å². The van der Waals surface area contributed by atoms with Crippen LogP contribution in [0.25, 0.3) is 6.08 Å². The first-order valence-electron chi connectivity index (χ1n) is 18.1. The molecular formula is C39H40F3N5O10S. The fraction of sp³-hybridized carbons (Fsp3) is 0.410. The van der Waals surface area contributed by atoms with Crippen LogP contribution in [-0.4, -0.2) is 98.7 Å². The van der Waals surface area contributed by atoms with E-state index in [9.17, 15) is 28.0 Å². The number of halogens is 3. The highest BCUT2D eigenvalue weighted by molar-refractivity contribution is 8.00. The summed E-state index contributed by atoms with van der Waals surface area (Å²) < 4.78 is 73.0. The highest BCUT2D eigenvalue weighted by Crippen LogP contribution is 2.42. The Balaban J connectivity index is 1.20. The van der Waals surface area contributed by atoms with Gasteiger partial charge in [-0.1, -0.05) is 24.3 Å². The van der Waals surface area contributed by atoms with Crippen LogP contribution in [0.2, 0.25) is 0 Å². The number of carbonyl (C=O) groups excluding carboxylic acids is 3. The lowest BCUT2D eigenvalue weighted by atomic mass is 9.89. The summed E-state index contributed by atoms with van der Waals surface area (Å²) in [5.41, 5.74) is -1.65. The number of rotatable bonds is 16. The van der Waals surface area contributed by atoms with Crippen molar-refractivity contribution < 1.29 is 61.1 Å². The Morgan fingerprint density at radius 2 is 1.81 bits per heavy atom. The van der Waals surface area contributed by atoms with Crippen molar-refractivity contribution >= 4 is 41.8 Å². The number of allylic oxidation sites excluding steroid dienone is 2. The number of nitrogens with zero attached hydrogens (tertiary/aromatic N) is 5. The topological polar surface area (TPSA) is 192 Å². The summed E-state index contributed by atoms with van der Waals surface area (Å²) in [5.74, 6) is -5.09. The van der Waals surface area contributed by atoms with E-state index in [2.05, 4.69) is 10.1 Å². The minimum atomic E-state index is -1.93. The Morgan fingerprint density at radius 1 is 1.05 bits per heavy atom. The molecule has 2 unspecified atom stereocenters. The molecule has 2 aliphatic rings. The summed E-state index contributed by atoms with van der Waals surface area (Å²) in [6, 6.07) is 8.79. The van der Waals surface area contributed by atoms with Crippen molar-refractivity contribution in [3.8, 4) is 6.07 Å². The lowest BCUT2D eigenvalue weighted by Gasteiger charge is -2.40. The predicted octanol–water partition coefficient (Wildman–Crippen LogP) is 5.35. The number of hydrogen-bond donors (Lipinski definition) is 1. The molecule has 2 aromatic carbocycles. The number of carbonyl (C=O) groups is 4. The van der Waals surface area contributed by atoms with E-state index in [1.165, 1.54) is 52.2 Å². The molecule has 0 radical (unpaired) electrons. The van der Waals surface area contributed by atoms with Crippen molar-refractivity contribution in [3.63, 3.8) is 0 Å². The third kappa shape index (κ3) is 11.9. The number of aromatic nitrogens is 3. The van der Waals surface area contributed by atoms with Crippen LogP contribution in [0.15, 0.2) is 67.3 Å². The zero-order valence-corrected chi connectivity index (χ0v) is 32.0. The van der Waals surface area contributed by atoms with Gasteiger partial charge >= 0.3 is 18.1 Å². The Kier molecular flexibility index (Phi) is 15.4. The van der Waals surface area contributed by atoms with Gasteiger partial charge in [0.15, 0.2) is 11.9 Å². The average Bonchev–Trinajstić information content (AvgIpc) is 3.72. The fourth-order valence-corrected chi connectivity index (χ4v) is 7.62. The largest absolute Gasteiger partial charge is 0.512 e. The lowest BCUT2D eigenvalue weighted by Crippen LogP contribution is -2.47. The van der Waals surface area contributed by atoms with E-state index in [0.29, 0.717) is 18.9 Å². The van der Waals surface area contributed by atoms with Gasteiger partial charge in [0.2, 0.25) is 12.7 Å². The molecule has 308 valence electrons. The predicted molar refractivity (Wildman–Crippen MR) is 199 cm³/mol. The van der Waals surface area contributed by atoms with E-state index < -0.39 is 65.4 Å². The number of ether oxygens (including phenoxy) is 5. The van der Waals surface area contributed by atoms with E-state index in [1.54, 1.807) is 25.2 Å². The Labute approximate surface area is 335 Å². The number of piperidine rings is 1. The lowest BCUT2D eigenvalue weighted by molar-refractivity contribution is -0.157. The van der Waals surface area contributed by atoms with Crippen molar-refractivity contribution in [1.82, 2.24) is 19.7 Å². The van der Waals surface area contributed by atoms with Gasteiger partial charge in [-0.3, -0.25) is 14.4 Å². The molecule has 0 bridgehead atoms. The molecule has 3 heterocycles. The summed E-state index contributed by atoms with van der Waals surface area (Å²) in [6.45, 7) is 1.24. The Bertz CT molecular complexity index is 2010. The molecule has 0 spiro atoms. The minimum Gasteiger partial charge on any atom is -0.481 e. The van der Waals surface area contributed by atoms with Crippen molar-refractivity contribution in [2.75, 3.05) is 33.1 Å². The summed E-state index contributed by atoms with van der Waals surface area (Å²) in [5, 5.41) is 21.0. The highest BCUT2D eigenvalue weighted by Gasteiger charge is 2.47. The van der Waals surface area contributed by atoms with Crippen LogP contribution in [0.4, 0.5) is 18.0 Å². The molecule has 58 heavy (non-hydrogen) atoms. The standard InChI is InChI=1S/C39H40F3N5O10S/c1-25(58-30-19-53-36(54-20-30)5-3-2-4-27-7-6-26(18-43)16-32(27)41)39(21-47-23-44-22-45-47,31-9-8-29(40)17-33(31)42)57-38(52)56-24-55-35(49)11-10-34(48)46-14-12-28(13-15-46)37(50)51/h2-9,16-17,22-23,25,28,30,36H,10-15,19-21,24H2,1H3,(H,50,51). The molecule has 19 heteroatoms. The quantitative estimate of drug-likeness (QED) is 0.110. The average molecular weight is 828 g/mol. The van der Waals surface area contributed by atoms with E-state index in [1.807, 2.05) is 6.07 Å². The van der Waals surface area contributed by atoms with Crippen molar-refractivity contribution in [1.29, 1.82) is 5.26 Å². The maximum atomic E-state index is 15.7. The van der Waals surface area contributed by atoms with Gasteiger partial charge in [-0.15, -0.1) is 11.8 Å². The summed E-state index contributed by atoms with van der Waals surface area (Å²) in [7, 11) is 0. The first kappa shape index (κ1) is 43.4. The number of hydrogen-bond acceptors (Lipinski definition) is 13. The first-order valence-corrected chi connectivity index (χ1v) is 19.0. The van der Waals surface area contributed by atoms with E-state index in [4.69, 9.17) is 34.1 Å². The van der Waals surface area contributed by atoms with Gasteiger partial charge in [-0.05, 0) is 50.1 Å². The number of carboxylic acid groups (broad SMARTS) is 1. The number of aliphatic carboxylic acids is 1. The van der Waals surface area contributed by atoms with Crippen LogP contribution >= 0.6 is 11.8 Å². The van der Waals surface area contributed by atoms with Crippen LogP contribution in [0.3, 0.4) is 0 Å². The van der Waals surface area contributed by atoms with Gasteiger partial charge < -0.3 is 33.7 Å². The molecule has 2 atom stereocenters. The maximum Gasteiger partial charge on any atom is 0.512 e. The number of carboxylic acids is 1. The number of esters is 1. The Hall–Kier alpha value is -5.71. The SMILES string of the molecule is CC(SC1COC(C=CC=Cc2ccc(C#N)cc2F)OC1)C(Cn1cncn1)(OC(=O)OCOC(=O)CCC(=O)N1CCC(C(=O)O)CC1)c1ccc(F)cc1F. The van der Waals surface area contributed by atoms with Gasteiger partial charge in [-0.25, -0.2) is 27.6 Å². The van der Waals surface area contributed by atoms with Gasteiger partial charge in [0, 0.05) is 42.0 Å². The molecule has 1 amide bonds. The van der Waals surface area contributed by atoms with E-state index in [0.717, 1.165) is 18.2 Å². The summed E-state index contributed by atoms with van der Waals surface area (Å²) >= 11 is 1.22. The number of likely N-dealkylation sites (tertiary alicyclic amines) is 1. The third-order valence-corrected chi connectivity index (χ3v) is 10.8. The fourth-order valence-electron chi connectivity index (χ4n) is 6.26. The molecule has 15 nitrogen and oxygen atoms in total. The zero-order valence-electron chi connectivity index (χ0n) is 31.2. The van der Waals surface area contributed by atoms with Crippen LogP contribution in [0.1, 0.15) is 49.3 Å². The van der Waals surface area contributed by atoms with Gasteiger partial charge in [0.1, 0.15) is 30.1 Å². The number of benzene rings is 2. The van der Waals surface area contributed by atoms with Crippen LogP contribution < -0.4 is 0 Å². The third-order valence-electron chi connectivity index (χ3n) is 9.38. The van der Waals surface area contributed by atoms with Crippen molar-refractivity contribution in [2.24, 2.45) is 5.92 Å². The van der Waals surface area contributed by atoms with Crippen LogP contribution in [0.5, 0.6) is 0 Å². The number of amides is 1. The molecule has 3 aromatic rings.